The maximum Gasteiger partial charge on any atom is 0.393 e. The van der Waals surface area contributed by atoms with Gasteiger partial charge in [0.15, 0.2) is 5.82 Å². The summed E-state index contributed by atoms with van der Waals surface area (Å²) < 4.78 is 26.1. The van der Waals surface area contributed by atoms with Gasteiger partial charge in [-0.25, -0.2) is 9.18 Å². The summed E-state index contributed by atoms with van der Waals surface area (Å²) in [6.07, 6.45) is 4.65. The quantitative estimate of drug-likeness (QED) is 0.0964. The molecule has 0 unspecified atom stereocenters. The van der Waals surface area contributed by atoms with Crippen molar-refractivity contribution >= 4 is 17.3 Å². The highest BCUT2D eigenvalue weighted by Crippen LogP contribution is 2.26. The number of quaternary nitrogens is 1. The number of allylic oxidation sites excluding steroid dienone is 1. The van der Waals surface area contributed by atoms with Crippen LogP contribution in [-0.2, 0) is 16.1 Å². The van der Waals surface area contributed by atoms with E-state index in [2.05, 4.69) is 55.3 Å². The Morgan fingerprint density at radius 1 is 1.05 bits per heavy atom. The van der Waals surface area contributed by atoms with Gasteiger partial charge in [0.05, 0.1) is 30.6 Å². The highest BCUT2D eigenvalue weighted by molar-refractivity contribution is 6.33. The summed E-state index contributed by atoms with van der Waals surface area (Å²) >= 11 is 0. The molecule has 0 radical (unpaired) electrons. The number of benzene rings is 2. The Bertz CT molecular complexity index is 1300. The first-order valence-corrected chi connectivity index (χ1v) is 14.3. The smallest absolute Gasteiger partial charge is 0.393 e. The van der Waals surface area contributed by atoms with Crippen LogP contribution in [0.3, 0.4) is 0 Å². The Balaban J connectivity index is 1.91. The molecule has 2 aromatic carbocycles. The number of carbonyl (C=O) groups excluding carboxylic acids is 1. The molecule has 0 amide bonds. The SMILES string of the molecule is CCCCNCC[NH2+]C(C(=O)OCC)=C(C(=N)c1ccncc1F)c1ccc(OCc2ccc(C(C)C)cc2)cc1. The molecule has 0 saturated heterocycles. The van der Waals surface area contributed by atoms with Gasteiger partial charge in [0.25, 0.3) is 0 Å². The van der Waals surface area contributed by atoms with Crippen LogP contribution < -0.4 is 15.4 Å². The van der Waals surface area contributed by atoms with Crippen molar-refractivity contribution in [2.24, 2.45) is 0 Å². The number of esters is 1. The van der Waals surface area contributed by atoms with Gasteiger partial charge in [0.1, 0.15) is 12.4 Å². The van der Waals surface area contributed by atoms with Crippen molar-refractivity contribution in [1.29, 1.82) is 5.41 Å². The van der Waals surface area contributed by atoms with Gasteiger partial charge in [-0.1, -0.05) is 63.6 Å². The number of carbonyl (C=O) groups is 1. The maximum absolute atomic E-state index is 14.8. The normalized spacial score (nSPS) is 11.8. The van der Waals surface area contributed by atoms with Crippen molar-refractivity contribution in [2.75, 3.05) is 26.2 Å². The Kier molecular flexibility index (Phi) is 12.7. The topological polar surface area (TPSA) is 101 Å². The van der Waals surface area contributed by atoms with Gasteiger partial charge in [0, 0.05) is 18.3 Å². The number of hydrogen-bond acceptors (Lipinski definition) is 6. The minimum Gasteiger partial charge on any atom is -0.489 e. The fourth-order valence-electron chi connectivity index (χ4n) is 4.27. The number of pyridine rings is 1. The third-order valence-corrected chi connectivity index (χ3v) is 6.63. The van der Waals surface area contributed by atoms with Gasteiger partial charge < -0.3 is 20.1 Å². The van der Waals surface area contributed by atoms with Gasteiger partial charge in [-0.15, -0.1) is 0 Å². The maximum atomic E-state index is 14.8. The fraction of sp³-hybridized carbons (Fsp3) is 0.364. The van der Waals surface area contributed by atoms with Gasteiger partial charge in [0.2, 0.25) is 5.70 Å². The summed E-state index contributed by atoms with van der Waals surface area (Å²) in [6, 6.07) is 16.9. The lowest BCUT2D eigenvalue weighted by atomic mass is 9.94. The molecule has 0 saturated carbocycles. The van der Waals surface area contributed by atoms with E-state index in [-0.39, 0.29) is 29.2 Å². The zero-order valence-corrected chi connectivity index (χ0v) is 24.5. The third kappa shape index (κ3) is 9.33. The van der Waals surface area contributed by atoms with Crippen LogP contribution in [0, 0.1) is 11.2 Å². The molecule has 1 aromatic heterocycles. The van der Waals surface area contributed by atoms with Crippen molar-refractivity contribution in [3.8, 4) is 5.75 Å². The molecule has 0 aliphatic heterocycles. The highest BCUT2D eigenvalue weighted by Gasteiger charge is 2.27. The number of hydrogen-bond donors (Lipinski definition) is 3. The summed E-state index contributed by atoms with van der Waals surface area (Å²) in [4.78, 5) is 17.0. The second kappa shape index (κ2) is 16.4. The molecule has 0 spiro atoms. The van der Waals surface area contributed by atoms with E-state index in [0.29, 0.717) is 36.9 Å². The lowest BCUT2D eigenvalue weighted by Gasteiger charge is -2.16. The predicted octanol–water partition coefficient (Wildman–Crippen LogP) is 5.22. The molecule has 0 aliphatic carbocycles. The van der Waals surface area contributed by atoms with E-state index in [9.17, 15) is 9.18 Å². The zero-order valence-electron chi connectivity index (χ0n) is 24.5. The molecular formula is C33H42FN4O3+. The second-order valence-electron chi connectivity index (χ2n) is 10.0. The summed E-state index contributed by atoms with van der Waals surface area (Å²) in [6.45, 7) is 10.9. The Morgan fingerprint density at radius 3 is 2.41 bits per heavy atom. The van der Waals surface area contributed by atoms with Crippen molar-refractivity contribution in [3.63, 3.8) is 0 Å². The summed E-state index contributed by atoms with van der Waals surface area (Å²) in [5.41, 5.74) is 3.36. The van der Waals surface area contributed by atoms with Crippen molar-refractivity contribution < 1.29 is 24.0 Å². The first-order chi connectivity index (χ1) is 19.8. The highest BCUT2D eigenvalue weighted by atomic mass is 19.1. The van der Waals surface area contributed by atoms with Gasteiger partial charge in [-0.05, 0) is 60.7 Å². The zero-order chi connectivity index (χ0) is 29.6. The molecule has 41 heavy (non-hydrogen) atoms. The molecule has 0 aliphatic rings. The number of nitrogens with zero attached hydrogens (tertiary/aromatic N) is 1. The first kappa shape index (κ1) is 31.6. The number of unbranched alkanes of at least 4 members (excludes halogenated alkanes) is 1. The van der Waals surface area contributed by atoms with Crippen LogP contribution in [0.2, 0.25) is 0 Å². The molecule has 3 rings (SSSR count). The molecule has 218 valence electrons. The van der Waals surface area contributed by atoms with Crippen molar-refractivity contribution in [3.05, 3.63) is 101 Å². The first-order valence-electron chi connectivity index (χ1n) is 14.3. The van der Waals surface area contributed by atoms with Crippen molar-refractivity contribution in [2.45, 2.75) is 53.1 Å². The van der Waals surface area contributed by atoms with E-state index in [0.717, 1.165) is 31.1 Å². The Morgan fingerprint density at radius 2 is 1.78 bits per heavy atom. The molecule has 0 atom stereocenters. The van der Waals surface area contributed by atoms with Gasteiger partial charge in [-0.2, -0.15) is 0 Å². The number of aromatic nitrogens is 1. The molecule has 1 heterocycles. The largest absolute Gasteiger partial charge is 0.489 e. The van der Waals surface area contributed by atoms with E-state index >= 15 is 0 Å². The monoisotopic (exact) mass is 561 g/mol. The van der Waals surface area contributed by atoms with E-state index in [1.54, 1.807) is 36.5 Å². The van der Waals surface area contributed by atoms with Gasteiger partial charge in [-0.3, -0.25) is 10.4 Å². The van der Waals surface area contributed by atoms with E-state index in [1.165, 1.54) is 17.8 Å². The fourth-order valence-corrected chi connectivity index (χ4v) is 4.27. The molecule has 4 N–H and O–H groups in total. The Hall–Kier alpha value is -3.88. The molecule has 3 aromatic rings. The van der Waals surface area contributed by atoms with E-state index < -0.39 is 11.8 Å². The molecule has 0 fully saturated rings. The van der Waals surface area contributed by atoms with Crippen LogP contribution >= 0.6 is 0 Å². The third-order valence-electron chi connectivity index (χ3n) is 6.63. The van der Waals surface area contributed by atoms with Crippen molar-refractivity contribution in [1.82, 2.24) is 10.3 Å². The van der Waals surface area contributed by atoms with Crippen LogP contribution in [0.5, 0.6) is 5.75 Å². The minimum absolute atomic E-state index is 0.0523. The number of rotatable bonds is 16. The van der Waals surface area contributed by atoms with Crippen LogP contribution in [-0.4, -0.2) is 42.9 Å². The average Bonchev–Trinajstić information content (AvgIpc) is 2.98. The predicted molar refractivity (Wildman–Crippen MR) is 160 cm³/mol. The summed E-state index contributed by atoms with van der Waals surface area (Å²) in [5, 5.41) is 14.1. The van der Waals surface area contributed by atoms with E-state index in [1.807, 2.05) is 0 Å². The van der Waals surface area contributed by atoms with Crippen LogP contribution in [0.25, 0.3) is 5.57 Å². The molecular weight excluding hydrogens is 519 g/mol. The molecule has 8 heteroatoms. The molecule has 7 nitrogen and oxygen atoms in total. The lowest BCUT2D eigenvalue weighted by molar-refractivity contribution is -0.598. The molecule has 0 bridgehead atoms. The van der Waals surface area contributed by atoms with Crippen LogP contribution in [0.4, 0.5) is 4.39 Å². The minimum atomic E-state index is -0.636. The van der Waals surface area contributed by atoms with Crippen LogP contribution in [0.15, 0.2) is 72.7 Å². The van der Waals surface area contributed by atoms with E-state index in [4.69, 9.17) is 14.9 Å². The number of nitrogens with one attached hydrogen (secondary N) is 2. The standard InChI is InChI=1S/C33H41FN4O3/c1-5-7-17-36-19-20-38-32(33(39)40-6-2)30(31(35)28-16-18-37-21-29(28)34)26-12-14-27(15-13-26)41-22-24-8-10-25(11-9-24)23(3)4/h8-16,18,21,23,35-36,38H,5-7,17,19-20,22H2,1-4H3/p+1. The summed E-state index contributed by atoms with van der Waals surface area (Å²) in [7, 11) is 0. The lowest BCUT2D eigenvalue weighted by Crippen LogP contribution is -2.85. The van der Waals surface area contributed by atoms with Gasteiger partial charge >= 0.3 is 5.97 Å². The Labute approximate surface area is 242 Å². The second-order valence-corrected chi connectivity index (χ2v) is 10.0. The average molecular weight is 562 g/mol. The number of nitrogens with two attached hydrogens (primary N) is 1. The summed E-state index contributed by atoms with van der Waals surface area (Å²) in [5.74, 6) is -0.0825. The van der Waals surface area contributed by atoms with Crippen LogP contribution in [0.1, 0.15) is 68.7 Å². The number of ether oxygens (including phenoxy) is 2. The number of halogens is 1.